The van der Waals surface area contributed by atoms with Gasteiger partial charge in [-0.3, -0.25) is 9.36 Å². The summed E-state index contributed by atoms with van der Waals surface area (Å²) in [6, 6.07) is 9.86. The summed E-state index contributed by atoms with van der Waals surface area (Å²) in [6.45, 7) is 5.31. The number of nitrogens with zero attached hydrogens (tertiary/aromatic N) is 2. The first kappa shape index (κ1) is 27.8. The molecule has 4 rings (SSSR count). The van der Waals surface area contributed by atoms with E-state index in [-0.39, 0.29) is 30.2 Å². The second-order valence-electron chi connectivity index (χ2n) is 8.36. The predicted molar refractivity (Wildman–Crippen MR) is 142 cm³/mol. The number of esters is 2. The quantitative estimate of drug-likeness (QED) is 0.375. The number of allylic oxidation sites excluding steroid dienone is 1. The van der Waals surface area contributed by atoms with E-state index in [1.54, 1.807) is 57.2 Å². The van der Waals surface area contributed by atoms with Gasteiger partial charge in [0, 0.05) is 0 Å². The predicted octanol–water partition coefficient (Wildman–Crippen LogP) is 2.89. The van der Waals surface area contributed by atoms with E-state index in [9.17, 15) is 18.8 Å². The first-order chi connectivity index (χ1) is 18.8. The lowest BCUT2D eigenvalue weighted by molar-refractivity contribution is -0.143. The molecule has 0 aliphatic carbocycles. The summed E-state index contributed by atoms with van der Waals surface area (Å²) in [6.07, 6.45) is 1.65. The van der Waals surface area contributed by atoms with Crippen molar-refractivity contribution in [2.24, 2.45) is 4.99 Å². The van der Waals surface area contributed by atoms with E-state index in [0.717, 1.165) is 11.3 Å². The molecule has 3 aromatic rings. The Bertz CT molecular complexity index is 1610. The van der Waals surface area contributed by atoms with E-state index in [4.69, 9.17) is 14.2 Å². The normalized spacial score (nSPS) is 14.9. The number of hydrogen-bond donors (Lipinski definition) is 0. The molecule has 1 atom stereocenters. The Morgan fingerprint density at radius 2 is 1.82 bits per heavy atom. The summed E-state index contributed by atoms with van der Waals surface area (Å²) in [5.41, 5.74) is 1.45. The van der Waals surface area contributed by atoms with E-state index in [0.29, 0.717) is 44.3 Å². The highest BCUT2D eigenvalue weighted by Gasteiger charge is 2.34. The highest BCUT2D eigenvalue weighted by Crippen LogP contribution is 2.36. The van der Waals surface area contributed by atoms with Crippen molar-refractivity contribution in [1.82, 2.24) is 4.57 Å². The van der Waals surface area contributed by atoms with Crippen LogP contribution in [0.15, 0.2) is 63.5 Å². The van der Waals surface area contributed by atoms with Crippen LogP contribution in [0.25, 0.3) is 6.08 Å². The summed E-state index contributed by atoms with van der Waals surface area (Å²) < 4.78 is 36.5. The first-order valence-corrected chi connectivity index (χ1v) is 13.0. The third-order valence-electron chi connectivity index (χ3n) is 5.84. The van der Waals surface area contributed by atoms with Gasteiger partial charge in [-0.1, -0.05) is 29.5 Å². The van der Waals surface area contributed by atoms with Crippen molar-refractivity contribution in [2.45, 2.75) is 26.8 Å². The van der Waals surface area contributed by atoms with Gasteiger partial charge in [-0.15, -0.1) is 0 Å². The van der Waals surface area contributed by atoms with Crippen molar-refractivity contribution in [3.63, 3.8) is 0 Å². The molecular formula is C28H27FN2O7S. The first-order valence-electron chi connectivity index (χ1n) is 12.2. The lowest BCUT2D eigenvalue weighted by atomic mass is 9.95. The molecular weight excluding hydrogens is 527 g/mol. The van der Waals surface area contributed by atoms with Crippen LogP contribution in [0.3, 0.4) is 0 Å². The van der Waals surface area contributed by atoms with E-state index in [1.807, 2.05) is 0 Å². The summed E-state index contributed by atoms with van der Waals surface area (Å²) >= 11 is 1.16. The Labute approximate surface area is 227 Å². The largest absolute Gasteiger partial charge is 0.490 e. The summed E-state index contributed by atoms with van der Waals surface area (Å²) in [5, 5.41) is 0. The van der Waals surface area contributed by atoms with E-state index in [2.05, 4.69) is 9.73 Å². The number of thiazole rings is 1. The van der Waals surface area contributed by atoms with Crippen LogP contribution in [0.1, 0.15) is 37.9 Å². The molecule has 0 fully saturated rings. The van der Waals surface area contributed by atoms with Crippen molar-refractivity contribution in [3.05, 3.63) is 90.4 Å². The molecule has 0 amide bonds. The molecule has 0 saturated heterocycles. The third kappa shape index (κ3) is 5.93. The van der Waals surface area contributed by atoms with Crippen LogP contribution in [-0.4, -0.2) is 43.4 Å². The average molecular weight is 555 g/mol. The van der Waals surface area contributed by atoms with Crippen molar-refractivity contribution in [1.29, 1.82) is 0 Å². The molecule has 9 nitrogen and oxygen atoms in total. The fourth-order valence-corrected chi connectivity index (χ4v) is 5.14. The van der Waals surface area contributed by atoms with Crippen LogP contribution in [0.5, 0.6) is 11.5 Å². The smallest absolute Gasteiger partial charge is 0.343 e. The maximum atomic E-state index is 13.7. The molecule has 0 spiro atoms. The zero-order valence-electron chi connectivity index (χ0n) is 21.9. The number of carbonyl (C=O) groups excluding carboxylic acids is 2. The molecule has 0 radical (unpaired) electrons. The number of aromatic nitrogens is 1. The molecule has 0 bridgehead atoms. The van der Waals surface area contributed by atoms with Gasteiger partial charge in [0.1, 0.15) is 5.82 Å². The van der Waals surface area contributed by atoms with Gasteiger partial charge in [-0.2, -0.15) is 0 Å². The number of fused-ring (bicyclic) bond motifs is 1. The minimum atomic E-state index is -0.871. The zero-order valence-corrected chi connectivity index (χ0v) is 22.7. The lowest BCUT2D eigenvalue weighted by Crippen LogP contribution is -2.40. The van der Waals surface area contributed by atoms with Crippen LogP contribution in [-0.2, 0) is 19.1 Å². The number of benzene rings is 2. The lowest BCUT2D eigenvalue weighted by Gasteiger charge is -2.25. The Hall–Kier alpha value is -4.25. The molecule has 1 aliphatic heterocycles. The number of halogens is 1. The zero-order chi connectivity index (χ0) is 28.1. The Morgan fingerprint density at radius 3 is 2.49 bits per heavy atom. The molecule has 1 aliphatic rings. The van der Waals surface area contributed by atoms with E-state index < -0.39 is 18.0 Å². The van der Waals surface area contributed by atoms with Crippen LogP contribution in [0.4, 0.5) is 4.39 Å². The van der Waals surface area contributed by atoms with Gasteiger partial charge in [-0.25, -0.2) is 19.0 Å². The van der Waals surface area contributed by atoms with E-state index in [1.165, 1.54) is 23.8 Å². The van der Waals surface area contributed by atoms with Crippen LogP contribution >= 0.6 is 11.3 Å². The fourth-order valence-electron chi connectivity index (χ4n) is 4.10. The van der Waals surface area contributed by atoms with Gasteiger partial charge in [-0.05, 0) is 62.2 Å². The molecule has 11 heteroatoms. The summed E-state index contributed by atoms with van der Waals surface area (Å²) in [7, 11) is 1.26. The molecule has 204 valence electrons. The Kier molecular flexibility index (Phi) is 8.60. The molecule has 1 aromatic heterocycles. The van der Waals surface area contributed by atoms with Crippen LogP contribution in [0, 0.1) is 5.82 Å². The minimum absolute atomic E-state index is 0.141. The number of rotatable bonds is 9. The highest BCUT2D eigenvalue weighted by atomic mass is 32.1. The Morgan fingerprint density at radius 1 is 1.08 bits per heavy atom. The van der Waals surface area contributed by atoms with Gasteiger partial charge in [0.15, 0.2) is 22.9 Å². The third-order valence-corrected chi connectivity index (χ3v) is 6.82. The highest BCUT2D eigenvalue weighted by molar-refractivity contribution is 7.07. The maximum Gasteiger partial charge on any atom is 0.343 e. The summed E-state index contributed by atoms with van der Waals surface area (Å²) in [4.78, 5) is 43.4. The van der Waals surface area contributed by atoms with Crippen molar-refractivity contribution < 1.29 is 32.9 Å². The minimum Gasteiger partial charge on any atom is -0.490 e. The van der Waals surface area contributed by atoms with Crippen molar-refractivity contribution in [2.75, 3.05) is 26.9 Å². The maximum absolute atomic E-state index is 13.7. The second-order valence-corrected chi connectivity index (χ2v) is 9.37. The number of carbonyl (C=O) groups is 2. The molecule has 39 heavy (non-hydrogen) atoms. The second kappa shape index (κ2) is 12.1. The van der Waals surface area contributed by atoms with Crippen molar-refractivity contribution in [3.8, 4) is 11.5 Å². The number of ether oxygens (including phenoxy) is 4. The van der Waals surface area contributed by atoms with Gasteiger partial charge >= 0.3 is 11.9 Å². The monoisotopic (exact) mass is 554 g/mol. The van der Waals surface area contributed by atoms with Crippen LogP contribution < -0.4 is 24.4 Å². The van der Waals surface area contributed by atoms with Gasteiger partial charge < -0.3 is 18.9 Å². The Balaban J connectivity index is 1.89. The molecule has 2 aromatic carbocycles. The SMILES string of the molecule is CCOC(=O)C1=C(C)N=c2s/c(=C\c3ccc(F)cc3)c(=O)n2[C@H]1c1ccc(OCC(=O)OC)c(OCC)c1. The van der Waals surface area contributed by atoms with Crippen molar-refractivity contribution >= 4 is 29.4 Å². The molecule has 0 N–H and O–H groups in total. The fraction of sp³-hybridized carbons (Fsp3) is 0.286. The number of methoxy groups -OCH3 is 1. The number of hydrogen-bond acceptors (Lipinski definition) is 9. The summed E-state index contributed by atoms with van der Waals surface area (Å²) in [5.74, 6) is -0.913. The standard InChI is InChI=1S/C28H27FN2O7S/c1-5-36-21-14-18(9-12-20(21)38-15-23(32)35-4)25-24(27(34)37-6-2)16(3)30-28-31(25)26(33)22(39-28)13-17-7-10-19(29)11-8-17/h7-14,25H,5-6,15H2,1-4H3/b22-13-/t25-/m0/s1. The molecule has 0 unspecified atom stereocenters. The van der Waals surface area contributed by atoms with Gasteiger partial charge in [0.2, 0.25) is 0 Å². The molecule has 2 heterocycles. The topological polar surface area (TPSA) is 105 Å². The average Bonchev–Trinajstić information content (AvgIpc) is 3.22. The van der Waals surface area contributed by atoms with Gasteiger partial charge in [0.25, 0.3) is 5.56 Å². The van der Waals surface area contributed by atoms with Crippen LogP contribution in [0.2, 0.25) is 0 Å². The van der Waals surface area contributed by atoms with E-state index >= 15 is 0 Å². The van der Waals surface area contributed by atoms with Gasteiger partial charge in [0.05, 0.1) is 42.2 Å². The molecule has 0 saturated carbocycles.